The van der Waals surface area contributed by atoms with Gasteiger partial charge in [0, 0.05) is 31.0 Å². The van der Waals surface area contributed by atoms with E-state index in [0.29, 0.717) is 50.6 Å². The van der Waals surface area contributed by atoms with Crippen LogP contribution < -0.4 is 5.32 Å². The number of hydrogen-bond donors (Lipinski definition) is 1. The van der Waals surface area contributed by atoms with Gasteiger partial charge in [0.15, 0.2) is 0 Å². The molecule has 1 aromatic heterocycles. The van der Waals surface area contributed by atoms with Crippen LogP contribution in [-0.2, 0) is 31.5 Å². The molecule has 0 aromatic carbocycles. The summed E-state index contributed by atoms with van der Waals surface area (Å²) in [5.74, 6) is -0.0522. The first kappa shape index (κ1) is 18.4. The minimum Gasteiger partial charge on any atom is -0.379 e. The zero-order chi connectivity index (χ0) is 18.4. The van der Waals surface area contributed by atoms with Crippen molar-refractivity contribution in [1.82, 2.24) is 9.62 Å². The van der Waals surface area contributed by atoms with Gasteiger partial charge in [-0.2, -0.15) is 0 Å². The third-order valence-corrected chi connectivity index (χ3v) is 7.99. The van der Waals surface area contributed by atoms with E-state index in [1.165, 1.54) is 26.8 Å². The van der Waals surface area contributed by atoms with E-state index < -0.39 is 15.6 Å². The van der Waals surface area contributed by atoms with Crippen molar-refractivity contribution >= 4 is 27.3 Å². The Labute approximate surface area is 157 Å². The average Bonchev–Trinajstić information content (AvgIpc) is 3.24. The van der Waals surface area contributed by atoms with Crippen LogP contribution in [0, 0.1) is 0 Å². The van der Waals surface area contributed by atoms with Crippen LogP contribution in [0.3, 0.4) is 0 Å². The number of sulfonamides is 1. The molecule has 144 valence electrons. The Morgan fingerprint density at radius 1 is 1.35 bits per heavy atom. The van der Waals surface area contributed by atoms with Crippen LogP contribution in [0.15, 0.2) is 6.07 Å². The van der Waals surface area contributed by atoms with E-state index in [2.05, 4.69) is 5.32 Å². The number of carbonyl (C=O) groups excluding carboxylic acids is 1. The fourth-order valence-corrected chi connectivity index (χ4v) is 6.01. The lowest BCUT2D eigenvalue weighted by Crippen LogP contribution is -2.47. The molecule has 0 aliphatic carbocycles. The highest BCUT2D eigenvalue weighted by Crippen LogP contribution is 2.44. The molecule has 4 heterocycles. The lowest BCUT2D eigenvalue weighted by molar-refractivity contribution is -0.0882. The molecule has 0 bridgehead atoms. The standard InChI is InChI=1S/C17H24N2O5S2/c1-26(21,22)19-6-4-17(5-7-19)13-10-15(25-14(13)3-9-24-17)16(20)18-12-2-8-23-11-12/h10,12H,2-9,11H2,1H3,(H,18,20). The smallest absolute Gasteiger partial charge is 0.261 e. The molecule has 7 nitrogen and oxygen atoms in total. The third-order valence-electron chi connectivity index (χ3n) is 5.50. The fraction of sp³-hybridized carbons (Fsp3) is 0.706. The number of fused-ring (bicyclic) bond motifs is 2. The van der Waals surface area contributed by atoms with Crippen LogP contribution in [0.1, 0.15) is 39.4 Å². The van der Waals surface area contributed by atoms with E-state index in [9.17, 15) is 13.2 Å². The molecule has 26 heavy (non-hydrogen) atoms. The Kier molecular flexibility index (Phi) is 4.85. The number of hydrogen-bond acceptors (Lipinski definition) is 6. The molecule has 3 aliphatic rings. The summed E-state index contributed by atoms with van der Waals surface area (Å²) < 4.78 is 36.6. The van der Waals surface area contributed by atoms with E-state index in [-0.39, 0.29) is 11.9 Å². The summed E-state index contributed by atoms with van der Waals surface area (Å²) in [5.41, 5.74) is 0.620. The summed E-state index contributed by atoms with van der Waals surface area (Å²) in [5, 5.41) is 3.04. The molecule has 1 unspecified atom stereocenters. The van der Waals surface area contributed by atoms with Gasteiger partial charge < -0.3 is 14.8 Å². The van der Waals surface area contributed by atoms with Crippen molar-refractivity contribution in [1.29, 1.82) is 0 Å². The van der Waals surface area contributed by atoms with Gasteiger partial charge in [0.05, 0.1) is 36.0 Å². The quantitative estimate of drug-likeness (QED) is 0.821. The second-order valence-corrected chi connectivity index (χ2v) is 10.4. The second kappa shape index (κ2) is 6.87. The van der Waals surface area contributed by atoms with Gasteiger partial charge in [-0.3, -0.25) is 4.79 Å². The lowest BCUT2D eigenvalue weighted by Gasteiger charge is -2.43. The van der Waals surface area contributed by atoms with Crippen LogP contribution in [0.4, 0.5) is 0 Å². The Morgan fingerprint density at radius 3 is 2.77 bits per heavy atom. The SMILES string of the molecule is CS(=O)(=O)N1CCC2(CC1)OCCc1sc(C(=O)NC3CCOC3)cc12. The lowest BCUT2D eigenvalue weighted by atomic mass is 9.83. The maximum Gasteiger partial charge on any atom is 0.261 e. The third kappa shape index (κ3) is 3.43. The van der Waals surface area contributed by atoms with Gasteiger partial charge in [-0.1, -0.05) is 0 Å². The highest BCUT2D eigenvalue weighted by atomic mass is 32.2. The second-order valence-electron chi connectivity index (χ2n) is 7.24. The van der Waals surface area contributed by atoms with Crippen LogP contribution in [-0.4, -0.2) is 63.8 Å². The summed E-state index contributed by atoms with van der Waals surface area (Å²) in [6.07, 6.45) is 4.16. The maximum absolute atomic E-state index is 12.6. The number of ether oxygens (including phenoxy) is 2. The Hall–Kier alpha value is -1.00. The first-order valence-corrected chi connectivity index (χ1v) is 11.6. The Morgan fingerprint density at radius 2 is 2.12 bits per heavy atom. The minimum absolute atomic E-state index is 0.0522. The van der Waals surface area contributed by atoms with E-state index >= 15 is 0 Å². The number of nitrogens with zero attached hydrogens (tertiary/aromatic N) is 1. The fourth-order valence-electron chi connectivity index (χ4n) is 4.03. The number of piperidine rings is 1. The maximum atomic E-state index is 12.6. The molecule has 0 radical (unpaired) electrons. The largest absolute Gasteiger partial charge is 0.379 e. The number of thiophene rings is 1. The van der Waals surface area contributed by atoms with Crippen molar-refractivity contribution in [3.63, 3.8) is 0 Å². The predicted octanol–water partition coefficient (Wildman–Crippen LogP) is 1.09. The zero-order valence-electron chi connectivity index (χ0n) is 14.8. The number of amides is 1. The molecular formula is C17H24N2O5S2. The molecule has 1 aromatic rings. The van der Waals surface area contributed by atoms with Crippen molar-refractivity contribution in [2.45, 2.75) is 37.3 Å². The molecular weight excluding hydrogens is 376 g/mol. The number of nitrogens with one attached hydrogen (secondary N) is 1. The molecule has 2 saturated heterocycles. The van der Waals surface area contributed by atoms with Crippen LogP contribution >= 0.6 is 11.3 Å². The highest BCUT2D eigenvalue weighted by Gasteiger charge is 2.43. The molecule has 1 N–H and O–H groups in total. The average molecular weight is 401 g/mol. The molecule has 3 aliphatic heterocycles. The predicted molar refractivity (Wildman–Crippen MR) is 98.0 cm³/mol. The normalized spacial score (nSPS) is 26.0. The number of carbonyl (C=O) groups is 1. The Balaban J connectivity index is 1.53. The van der Waals surface area contributed by atoms with E-state index in [4.69, 9.17) is 9.47 Å². The van der Waals surface area contributed by atoms with Crippen LogP contribution in [0.2, 0.25) is 0 Å². The zero-order valence-corrected chi connectivity index (χ0v) is 16.5. The summed E-state index contributed by atoms with van der Waals surface area (Å²) >= 11 is 1.54. The summed E-state index contributed by atoms with van der Waals surface area (Å²) in [7, 11) is -3.18. The van der Waals surface area contributed by atoms with Gasteiger partial charge in [-0.15, -0.1) is 11.3 Å². The van der Waals surface area contributed by atoms with E-state index in [1.54, 1.807) is 0 Å². The van der Waals surface area contributed by atoms with Crippen molar-refractivity contribution in [2.24, 2.45) is 0 Å². The summed E-state index contributed by atoms with van der Waals surface area (Å²) in [6, 6.07) is 2.05. The summed E-state index contributed by atoms with van der Waals surface area (Å²) in [6.45, 7) is 2.79. The van der Waals surface area contributed by atoms with E-state index in [1.807, 2.05) is 6.07 Å². The molecule has 4 rings (SSSR count). The van der Waals surface area contributed by atoms with Gasteiger partial charge in [0.2, 0.25) is 10.0 Å². The van der Waals surface area contributed by atoms with Crippen molar-refractivity contribution < 1.29 is 22.7 Å². The topological polar surface area (TPSA) is 84.9 Å². The van der Waals surface area contributed by atoms with Crippen molar-refractivity contribution in [2.75, 3.05) is 39.2 Å². The van der Waals surface area contributed by atoms with Gasteiger partial charge >= 0.3 is 0 Å². The van der Waals surface area contributed by atoms with Crippen molar-refractivity contribution in [3.05, 3.63) is 21.4 Å². The van der Waals surface area contributed by atoms with Gasteiger partial charge in [0.25, 0.3) is 5.91 Å². The van der Waals surface area contributed by atoms with Gasteiger partial charge in [-0.25, -0.2) is 12.7 Å². The molecule has 0 saturated carbocycles. The monoisotopic (exact) mass is 400 g/mol. The molecule has 1 atom stereocenters. The van der Waals surface area contributed by atoms with Crippen molar-refractivity contribution in [3.8, 4) is 0 Å². The highest BCUT2D eigenvalue weighted by molar-refractivity contribution is 7.88. The molecule has 1 amide bonds. The first-order chi connectivity index (χ1) is 12.4. The molecule has 2 fully saturated rings. The summed E-state index contributed by atoms with van der Waals surface area (Å²) in [4.78, 5) is 14.5. The first-order valence-electron chi connectivity index (χ1n) is 8.98. The van der Waals surface area contributed by atoms with Crippen LogP contribution in [0.25, 0.3) is 0 Å². The minimum atomic E-state index is -3.18. The Bertz CT molecular complexity index is 790. The van der Waals surface area contributed by atoms with Gasteiger partial charge in [-0.05, 0) is 30.9 Å². The van der Waals surface area contributed by atoms with Gasteiger partial charge in [0.1, 0.15) is 0 Å². The molecule has 1 spiro atoms. The van der Waals surface area contributed by atoms with E-state index in [0.717, 1.165) is 18.4 Å². The van der Waals surface area contributed by atoms with Crippen LogP contribution in [0.5, 0.6) is 0 Å². The number of rotatable bonds is 3. The molecule has 9 heteroatoms.